The first-order chi connectivity index (χ1) is 16.3. The van der Waals surface area contributed by atoms with Crippen LogP contribution < -0.4 is 21.7 Å². The van der Waals surface area contributed by atoms with Crippen LogP contribution in [0.3, 0.4) is 0 Å². The van der Waals surface area contributed by atoms with Gasteiger partial charge in [-0.05, 0) is 36.2 Å². The lowest BCUT2D eigenvalue weighted by Crippen LogP contribution is -2.59. The molecule has 4 unspecified atom stereocenters. The van der Waals surface area contributed by atoms with Gasteiger partial charge in [0.2, 0.25) is 17.7 Å². The quantitative estimate of drug-likeness (QED) is 0.268. The molecule has 0 aliphatic heterocycles. The van der Waals surface area contributed by atoms with Crippen molar-refractivity contribution in [2.75, 3.05) is 0 Å². The first kappa shape index (κ1) is 30.1. The highest BCUT2D eigenvalue weighted by atomic mass is 16.4. The SMILES string of the molecule is CC(C)CC(N)C(=O)NC(C(=O)NC(Cc1ccccc1)C(=O)NC(CC(C)C)C(=O)O)C(C)C. The number of amides is 3. The third kappa shape index (κ3) is 10.9. The average molecular weight is 491 g/mol. The number of carbonyl (C=O) groups is 4. The van der Waals surface area contributed by atoms with Crippen molar-refractivity contribution in [2.24, 2.45) is 23.5 Å². The van der Waals surface area contributed by atoms with E-state index in [4.69, 9.17) is 5.73 Å². The first-order valence-electron chi connectivity index (χ1n) is 12.2. The van der Waals surface area contributed by atoms with Gasteiger partial charge in [-0.3, -0.25) is 14.4 Å². The normalized spacial score (nSPS) is 14.8. The summed E-state index contributed by atoms with van der Waals surface area (Å²) in [6.07, 6.45) is 0.896. The van der Waals surface area contributed by atoms with Crippen molar-refractivity contribution in [3.63, 3.8) is 0 Å². The fourth-order valence-corrected chi connectivity index (χ4v) is 3.70. The zero-order valence-electron chi connectivity index (χ0n) is 21.7. The molecule has 9 nitrogen and oxygen atoms in total. The van der Waals surface area contributed by atoms with Crippen molar-refractivity contribution < 1.29 is 24.3 Å². The molecular weight excluding hydrogens is 448 g/mol. The predicted octanol–water partition coefficient (Wildman–Crippen LogP) is 1.84. The maximum atomic E-state index is 13.2. The van der Waals surface area contributed by atoms with Crippen molar-refractivity contribution in [3.05, 3.63) is 35.9 Å². The number of rotatable bonds is 14. The van der Waals surface area contributed by atoms with Crippen LogP contribution in [0.25, 0.3) is 0 Å². The Bertz CT molecular complexity index is 841. The lowest BCUT2D eigenvalue weighted by Gasteiger charge is -2.27. The predicted molar refractivity (Wildman–Crippen MR) is 135 cm³/mol. The summed E-state index contributed by atoms with van der Waals surface area (Å²) >= 11 is 0. The molecule has 0 heterocycles. The van der Waals surface area contributed by atoms with Gasteiger partial charge in [-0.1, -0.05) is 71.9 Å². The summed E-state index contributed by atoms with van der Waals surface area (Å²) in [4.78, 5) is 50.6. The van der Waals surface area contributed by atoms with Gasteiger partial charge in [0.15, 0.2) is 0 Å². The van der Waals surface area contributed by atoms with Crippen LogP contribution in [0.2, 0.25) is 0 Å². The van der Waals surface area contributed by atoms with E-state index in [0.717, 1.165) is 5.56 Å². The molecule has 1 rings (SSSR count). The summed E-state index contributed by atoms with van der Waals surface area (Å²) in [5.74, 6) is -2.69. The van der Waals surface area contributed by atoms with E-state index in [0.29, 0.717) is 6.42 Å². The van der Waals surface area contributed by atoms with E-state index in [-0.39, 0.29) is 30.6 Å². The van der Waals surface area contributed by atoms with Gasteiger partial charge in [0.1, 0.15) is 18.1 Å². The van der Waals surface area contributed by atoms with E-state index in [2.05, 4.69) is 16.0 Å². The van der Waals surface area contributed by atoms with E-state index in [9.17, 15) is 24.3 Å². The van der Waals surface area contributed by atoms with Gasteiger partial charge in [-0.2, -0.15) is 0 Å². The summed E-state index contributed by atoms with van der Waals surface area (Å²) in [6, 6.07) is 5.36. The first-order valence-corrected chi connectivity index (χ1v) is 12.2. The van der Waals surface area contributed by atoms with E-state index < -0.39 is 47.9 Å². The molecule has 0 saturated heterocycles. The highest BCUT2D eigenvalue weighted by Gasteiger charge is 2.32. The second-order valence-electron chi connectivity index (χ2n) is 10.2. The van der Waals surface area contributed by atoms with E-state index >= 15 is 0 Å². The zero-order valence-corrected chi connectivity index (χ0v) is 21.7. The monoisotopic (exact) mass is 490 g/mol. The minimum absolute atomic E-state index is 0.0501. The summed E-state index contributed by atoms with van der Waals surface area (Å²) in [5, 5.41) is 17.5. The van der Waals surface area contributed by atoms with Gasteiger partial charge < -0.3 is 26.8 Å². The lowest BCUT2D eigenvalue weighted by atomic mass is 9.99. The molecule has 9 heteroatoms. The van der Waals surface area contributed by atoms with Crippen LogP contribution in [0.15, 0.2) is 30.3 Å². The molecule has 1 aromatic rings. The minimum atomic E-state index is -1.14. The Kier molecular flexibility index (Phi) is 12.4. The molecule has 196 valence electrons. The van der Waals surface area contributed by atoms with Crippen molar-refractivity contribution in [2.45, 2.75) is 85.0 Å². The van der Waals surface area contributed by atoms with E-state index in [1.54, 1.807) is 13.8 Å². The number of nitrogens with one attached hydrogen (secondary N) is 3. The second kappa shape index (κ2) is 14.5. The molecule has 0 aromatic heterocycles. The average Bonchev–Trinajstić information content (AvgIpc) is 2.75. The van der Waals surface area contributed by atoms with Crippen molar-refractivity contribution in [3.8, 4) is 0 Å². The Morgan fingerprint density at radius 1 is 0.771 bits per heavy atom. The van der Waals surface area contributed by atoms with Gasteiger partial charge in [0, 0.05) is 6.42 Å². The molecule has 3 amide bonds. The molecular formula is C26H42N4O5. The second-order valence-corrected chi connectivity index (χ2v) is 10.2. The van der Waals surface area contributed by atoms with E-state index in [1.807, 2.05) is 58.0 Å². The summed E-state index contributed by atoms with van der Waals surface area (Å²) < 4.78 is 0. The number of carboxylic acids is 1. The number of nitrogens with two attached hydrogens (primary N) is 1. The Balaban J connectivity index is 3.08. The molecule has 35 heavy (non-hydrogen) atoms. The van der Waals surface area contributed by atoms with Crippen LogP contribution in [-0.2, 0) is 25.6 Å². The highest BCUT2D eigenvalue weighted by Crippen LogP contribution is 2.10. The highest BCUT2D eigenvalue weighted by molar-refractivity contribution is 5.94. The Morgan fingerprint density at radius 3 is 1.80 bits per heavy atom. The van der Waals surface area contributed by atoms with Crippen LogP contribution in [0.1, 0.15) is 59.9 Å². The van der Waals surface area contributed by atoms with Crippen molar-refractivity contribution in [1.82, 2.24) is 16.0 Å². The third-order valence-electron chi connectivity index (χ3n) is 5.55. The Hall–Kier alpha value is -2.94. The van der Waals surface area contributed by atoms with Gasteiger partial charge in [0.05, 0.1) is 6.04 Å². The molecule has 0 aliphatic rings. The molecule has 1 aromatic carbocycles. The fraction of sp³-hybridized carbons (Fsp3) is 0.615. The number of hydrogen-bond donors (Lipinski definition) is 5. The Labute approximate surface area is 208 Å². The summed E-state index contributed by atoms with van der Waals surface area (Å²) in [7, 11) is 0. The summed E-state index contributed by atoms with van der Waals surface area (Å²) in [6.45, 7) is 11.2. The number of carbonyl (C=O) groups excluding carboxylic acids is 3. The number of hydrogen-bond acceptors (Lipinski definition) is 5. The standard InChI is InChI=1S/C26H42N4O5/c1-15(2)12-19(27)23(31)30-22(17(5)6)25(33)28-20(14-18-10-8-7-9-11-18)24(32)29-21(26(34)35)13-16(3)4/h7-11,15-17,19-22H,12-14,27H2,1-6H3,(H,28,33)(H,29,32)(H,30,31)(H,34,35). The number of carboxylic acid groups (broad SMARTS) is 1. The molecule has 0 spiro atoms. The topological polar surface area (TPSA) is 151 Å². The number of benzene rings is 1. The molecule has 6 N–H and O–H groups in total. The van der Waals surface area contributed by atoms with E-state index in [1.165, 1.54) is 0 Å². The largest absolute Gasteiger partial charge is 0.480 e. The Morgan fingerprint density at radius 2 is 1.31 bits per heavy atom. The fourth-order valence-electron chi connectivity index (χ4n) is 3.70. The lowest BCUT2D eigenvalue weighted by molar-refractivity contribution is -0.142. The molecule has 0 fully saturated rings. The molecule has 0 saturated carbocycles. The molecule has 4 atom stereocenters. The van der Waals surface area contributed by atoms with Gasteiger partial charge in [0.25, 0.3) is 0 Å². The maximum Gasteiger partial charge on any atom is 0.326 e. The zero-order chi connectivity index (χ0) is 26.7. The smallest absolute Gasteiger partial charge is 0.326 e. The molecule has 0 bridgehead atoms. The van der Waals surface area contributed by atoms with Crippen LogP contribution in [0.4, 0.5) is 0 Å². The van der Waals surface area contributed by atoms with Crippen molar-refractivity contribution >= 4 is 23.7 Å². The summed E-state index contributed by atoms with van der Waals surface area (Å²) in [5.41, 5.74) is 6.78. The van der Waals surface area contributed by atoms with Gasteiger partial charge in [-0.15, -0.1) is 0 Å². The van der Waals surface area contributed by atoms with Crippen molar-refractivity contribution in [1.29, 1.82) is 0 Å². The maximum absolute atomic E-state index is 13.2. The van der Waals surface area contributed by atoms with Crippen LogP contribution in [0, 0.1) is 17.8 Å². The van der Waals surface area contributed by atoms with Gasteiger partial charge >= 0.3 is 5.97 Å². The molecule has 0 aliphatic carbocycles. The van der Waals surface area contributed by atoms with Gasteiger partial charge in [-0.25, -0.2) is 4.79 Å². The van der Waals surface area contributed by atoms with Crippen LogP contribution in [0.5, 0.6) is 0 Å². The third-order valence-corrected chi connectivity index (χ3v) is 5.55. The van der Waals surface area contributed by atoms with Crippen LogP contribution in [-0.4, -0.2) is 53.0 Å². The number of aliphatic carboxylic acids is 1. The van der Waals surface area contributed by atoms with Crippen LogP contribution >= 0.6 is 0 Å². The minimum Gasteiger partial charge on any atom is -0.480 e. The molecule has 0 radical (unpaired) electrons.